The summed E-state index contributed by atoms with van der Waals surface area (Å²) in [7, 11) is -2.39. The summed E-state index contributed by atoms with van der Waals surface area (Å²) in [6, 6.07) is 27.1. The predicted molar refractivity (Wildman–Crippen MR) is 162 cm³/mol. The van der Waals surface area contributed by atoms with Crippen LogP contribution >= 0.6 is 0 Å². The molecule has 1 amide bonds. The van der Waals surface area contributed by atoms with Crippen molar-refractivity contribution in [2.75, 3.05) is 0 Å². The summed E-state index contributed by atoms with van der Waals surface area (Å²) in [5.41, 5.74) is 6.34. The number of carbonyl (C=O) groups excluding carboxylic acids is 1. The summed E-state index contributed by atoms with van der Waals surface area (Å²) >= 11 is -2.47. The molecule has 1 saturated heterocycles. The average molecular weight is 560 g/mol. The molecule has 0 unspecified atom stereocenters. The Morgan fingerprint density at radius 1 is 0.703 bits per heavy atom. The van der Waals surface area contributed by atoms with Gasteiger partial charge in [0.1, 0.15) is 0 Å². The average Bonchev–Trinajstić information content (AvgIpc) is 3.55. The van der Waals surface area contributed by atoms with Crippen LogP contribution in [0.5, 0.6) is 0 Å². The van der Waals surface area contributed by atoms with Crippen molar-refractivity contribution in [3.8, 4) is 11.1 Å². The van der Waals surface area contributed by atoms with Crippen molar-refractivity contribution in [2.24, 2.45) is 0 Å². The molecule has 0 aromatic heterocycles. The monoisotopic (exact) mass is 559 g/mol. The Balaban J connectivity index is 0.000000229. The number of hydrogen-bond donors (Lipinski definition) is 1. The first-order valence-corrected chi connectivity index (χ1v) is 24.2. The van der Waals surface area contributed by atoms with Gasteiger partial charge in [-0.2, -0.15) is 0 Å². The standard InChI is InChI=1S/C13H9.C10H22Si2.C7H7NO.C2H4.Ti/c1-3-7-12-10(5-1)9-11-6-2-4-8-13(11)12;1-9(11(3,4)5)10(2)12(6,7)8;8-7(9)6-4-2-1-3-5-6;1-2;/h1-9H;1-2H2,3-8H3;1-5H,(H2,8,9);1-2H2;/q;;;;+1/p-1. The van der Waals surface area contributed by atoms with Gasteiger partial charge in [0, 0.05) is 0 Å². The minimum atomic E-state index is -2.47. The number of hydrogen-bond acceptors (Lipinski definition) is 1. The molecule has 3 aromatic rings. The molecule has 192 valence electrons. The van der Waals surface area contributed by atoms with E-state index in [1.54, 1.807) is 0 Å². The van der Waals surface area contributed by atoms with Crippen LogP contribution in [0.3, 0.4) is 0 Å². The van der Waals surface area contributed by atoms with Crippen molar-refractivity contribution in [1.82, 2.24) is 3.80 Å². The van der Waals surface area contributed by atoms with Crippen LogP contribution < -0.4 is 3.80 Å². The first-order valence-electron chi connectivity index (χ1n) is 13.3. The second-order valence-corrected chi connectivity index (χ2v) is 29.2. The van der Waals surface area contributed by atoms with E-state index < -0.39 is 33.0 Å². The Hall–Kier alpha value is -2.24. The number of nitrogens with one attached hydrogen (secondary N) is 1. The van der Waals surface area contributed by atoms with Gasteiger partial charge in [0.2, 0.25) is 0 Å². The van der Waals surface area contributed by atoms with Crippen LogP contribution in [-0.4, -0.2) is 22.1 Å². The summed E-state index contributed by atoms with van der Waals surface area (Å²) in [5.74, 6) is 0.111. The van der Waals surface area contributed by atoms with E-state index in [1.807, 2.05) is 30.3 Å². The van der Waals surface area contributed by atoms with Gasteiger partial charge in [-0.3, -0.25) is 0 Å². The molecule has 0 atom stereocenters. The molecular formula is C32H41NOSi2Ti. The van der Waals surface area contributed by atoms with Gasteiger partial charge in [0.15, 0.2) is 0 Å². The molecule has 1 aliphatic heterocycles. The van der Waals surface area contributed by atoms with E-state index in [9.17, 15) is 4.79 Å². The molecule has 0 bridgehead atoms. The van der Waals surface area contributed by atoms with Crippen LogP contribution in [-0.2, 0) is 16.8 Å². The van der Waals surface area contributed by atoms with Crippen molar-refractivity contribution in [3.05, 3.63) is 119 Å². The van der Waals surface area contributed by atoms with E-state index >= 15 is 0 Å². The molecule has 3 aromatic carbocycles. The summed E-state index contributed by atoms with van der Waals surface area (Å²) in [5, 5.41) is 2.73. The third kappa shape index (κ3) is 5.93. The quantitative estimate of drug-likeness (QED) is 0.237. The first-order chi connectivity index (χ1) is 17.3. The molecule has 2 aliphatic rings. The topological polar surface area (TPSA) is 29.1 Å². The Morgan fingerprint density at radius 2 is 1.11 bits per heavy atom. The fourth-order valence-electron chi connectivity index (χ4n) is 5.16. The molecule has 0 radical (unpaired) electrons. The van der Waals surface area contributed by atoms with Crippen LogP contribution in [0.4, 0.5) is 0 Å². The maximum absolute atomic E-state index is 12.8. The van der Waals surface area contributed by atoms with Crippen molar-refractivity contribution < 1.29 is 21.6 Å². The van der Waals surface area contributed by atoms with Crippen LogP contribution in [0.1, 0.15) is 25.7 Å². The van der Waals surface area contributed by atoms with Crippen LogP contribution in [0, 0.1) is 0 Å². The van der Waals surface area contributed by atoms with Gasteiger partial charge in [0.05, 0.1) is 16.1 Å². The maximum atomic E-state index is 12.8. The third-order valence-electron chi connectivity index (χ3n) is 7.75. The number of allylic oxidation sites excluding steroid dienone is 2. The molecule has 2 nitrogen and oxygen atoms in total. The summed E-state index contributed by atoms with van der Waals surface area (Å²) in [6.45, 7) is 22.4. The van der Waals surface area contributed by atoms with Crippen molar-refractivity contribution >= 4 is 22.1 Å². The van der Waals surface area contributed by atoms with Gasteiger partial charge >= 0.3 is 152 Å². The van der Waals surface area contributed by atoms with Gasteiger partial charge in [-0.05, 0) is 0 Å². The molecule has 5 rings (SSSR count). The summed E-state index contributed by atoms with van der Waals surface area (Å²) in [6.07, 6.45) is 0. The molecule has 1 heterocycles. The van der Waals surface area contributed by atoms with E-state index in [2.05, 4.69) is 105 Å². The zero-order valence-electron chi connectivity index (χ0n) is 23.3. The molecule has 37 heavy (non-hydrogen) atoms. The molecular weight excluding hydrogens is 518 g/mol. The van der Waals surface area contributed by atoms with E-state index in [1.165, 1.54) is 42.1 Å². The molecule has 0 spiro atoms. The van der Waals surface area contributed by atoms with Crippen LogP contribution in [0.15, 0.2) is 102 Å². The zero-order chi connectivity index (χ0) is 27.0. The fraction of sp³-hybridized carbons (Fsp3) is 0.281. The van der Waals surface area contributed by atoms with Crippen molar-refractivity contribution in [3.63, 3.8) is 0 Å². The van der Waals surface area contributed by atoms with E-state index in [0.717, 1.165) is 5.56 Å². The number of amides is 1. The predicted octanol–water partition coefficient (Wildman–Crippen LogP) is 8.96. The summed E-state index contributed by atoms with van der Waals surface area (Å²) < 4.78 is 6.41. The molecule has 1 N–H and O–H groups in total. The first kappa shape index (κ1) is 27.8. The van der Waals surface area contributed by atoms with Gasteiger partial charge in [-0.25, -0.2) is 0 Å². The number of fused-ring (bicyclic) bond motifs is 3. The third-order valence-corrected chi connectivity index (χ3v) is 18.5. The van der Waals surface area contributed by atoms with Gasteiger partial charge in [-0.1, -0.05) is 62.8 Å². The van der Waals surface area contributed by atoms with Gasteiger partial charge < -0.3 is 0 Å². The Bertz CT molecular complexity index is 1260. The Kier molecular flexibility index (Phi) is 7.88. The Labute approximate surface area is 229 Å². The van der Waals surface area contributed by atoms with Crippen molar-refractivity contribution in [2.45, 2.75) is 53.0 Å². The van der Waals surface area contributed by atoms with Crippen LogP contribution in [0.25, 0.3) is 11.1 Å². The van der Waals surface area contributed by atoms with E-state index in [0.29, 0.717) is 4.22 Å². The van der Waals surface area contributed by atoms with Gasteiger partial charge in [0.25, 0.3) is 0 Å². The second-order valence-electron chi connectivity index (χ2n) is 12.5. The minimum absolute atomic E-state index is 0.111. The van der Waals surface area contributed by atoms with E-state index in [-0.39, 0.29) is 5.91 Å². The zero-order valence-corrected chi connectivity index (χ0v) is 26.9. The van der Waals surface area contributed by atoms with Crippen LogP contribution in [0.2, 0.25) is 48.7 Å². The second kappa shape index (κ2) is 10.5. The Morgan fingerprint density at radius 3 is 1.51 bits per heavy atom. The summed E-state index contributed by atoms with van der Waals surface area (Å²) in [4.78, 5) is 12.8. The SMILES string of the molecule is C=C(C(=C)[Si](C)(C)C)[Si](C)(C)C.O=C([NH][Ti]1([CH]2c3ccccc3-c3ccccc32)[CH2][CH2]1)c1ccccc1. The fourth-order valence-corrected chi connectivity index (χ4v) is 16.5. The normalized spacial score (nSPS) is 15.5. The molecule has 1 aliphatic carbocycles. The number of rotatable bonds is 6. The van der Waals surface area contributed by atoms with Gasteiger partial charge in [-0.15, -0.1) is 0 Å². The molecule has 1 fully saturated rings. The molecule has 5 heteroatoms. The molecule has 0 saturated carbocycles. The number of carbonyl (C=O) groups is 1. The van der Waals surface area contributed by atoms with E-state index in [4.69, 9.17) is 0 Å². The van der Waals surface area contributed by atoms with Crippen molar-refractivity contribution in [1.29, 1.82) is 0 Å². The number of benzene rings is 3.